The van der Waals surface area contributed by atoms with E-state index in [1.165, 1.54) is 4.88 Å². The Hall–Kier alpha value is -5.42. The lowest BCUT2D eigenvalue weighted by atomic mass is 9.99. The van der Waals surface area contributed by atoms with Crippen LogP contribution in [0.3, 0.4) is 0 Å². The van der Waals surface area contributed by atoms with Crippen LogP contribution in [0.2, 0.25) is 15.1 Å². The number of hydrogen-bond donors (Lipinski definition) is 2. The Morgan fingerprint density at radius 2 is 1.63 bits per heavy atom. The van der Waals surface area contributed by atoms with E-state index in [4.69, 9.17) is 39.8 Å². The van der Waals surface area contributed by atoms with Crippen LogP contribution in [0.1, 0.15) is 94.1 Å². The summed E-state index contributed by atoms with van der Waals surface area (Å²) in [5.74, 6) is 2.60. The second-order valence-corrected chi connectivity index (χ2v) is 18.2. The highest BCUT2D eigenvalue weighted by molar-refractivity contribution is 7.15. The molecule has 0 bridgehead atoms. The number of thiophene rings is 1. The van der Waals surface area contributed by atoms with Gasteiger partial charge in [0, 0.05) is 79.2 Å². The maximum absolute atomic E-state index is 13.5. The Balaban J connectivity index is 0.787. The minimum Gasteiger partial charge on any atom is -0.356 e. The van der Waals surface area contributed by atoms with Gasteiger partial charge < -0.3 is 15.1 Å². The van der Waals surface area contributed by atoms with Crippen LogP contribution in [-0.4, -0.2) is 103 Å². The minimum atomic E-state index is -0.546. The zero-order valence-electron chi connectivity index (χ0n) is 35.4. The van der Waals surface area contributed by atoms with Crippen LogP contribution in [0, 0.1) is 27.7 Å². The van der Waals surface area contributed by atoms with Crippen molar-refractivity contribution in [2.45, 2.75) is 72.3 Å². The summed E-state index contributed by atoms with van der Waals surface area (Å²) in [5, 5.41) is 16.4. The van der Waals surface area contributed by atoms with Gasteiger partial charge in [0.2, 0.25) is 11.8 Å². The zero-order chi connectivity index (χ0) is 44.4. The summed E-state index contributed by atoms with van der Waals surface area (Å²) < 4.78 is 2.04. The van der Waals surface area contributed by atoms with Crippen molar-refractivity contribution >= 4 is 86.9 Å². The molecule has 15 nitrogen and oxygen atoms in total. The molecule has 0 saturated carbocycles. The van der Waals surface area contributed by atoms with E-state index in [1.54, 1.807) is 41.4 Å². The number of amidine groups is 1. The fourth-order valence-corrected chi connectivity index (χ4v) is 9.57. The predicted molar refractivity (Wildman–Crippen MR) is 247 cm³/mol. The first kappa shape index (κ1) is 44.2. The molecule has 63 heavy (non-hydrogen) atoms. The molecule has 328 valence electrons. The fourth-order valence-electron chi connectivity index (χ4n) is 7.93. The molecule has 3 amide bonds. The van der Waals surface area contributed by atoms with E-state index in [-0.39, 0.29) is 29.8 Å². The van der Waals surface area contributed by atoms with E-state index in [9.17, 15) is 14.4 Å². The molecule has 8 rings (SSSR count). The highest BCUT2D eigenvalue weighted by Gasteiger charge is 2.33. The third kappa shape index (κ3) is 9.89. The lowest BCUT2D eigenvalue weighted by molar-refractivity contribution is -0.132. The molecular formula is C44H47Cl3N12O3S. The van der Waals surface area contributed by atoms with Gasteiger partial charge in [-0.1, -0.05) is 53.4 Å². The molecule has 19 heteroatoms. The highest BCUT2D eigenvalue weighted by atomic mass is 35.5. The Bertz CT molecular complexity index is 2620. The van der Waals surface area contributed by atoms with Gasteiger partial charge in [0.05, 0.1) is 27.9 Å². The summed E-state index contributed by atoms with van der Waals surface area (Å²) in [6.07, 6.45) is 3.36. The second kappa shape index (κ2) is 19.1. The van der Waals surface area contributed by atoms with Crippen LogP contribution in [0.5, 0.6) is 0 Å². The minimum absolute atomic E-state index is 0.0576. The van der Waals surface area contributed by atoms with Gasteiger partial charge in [0.15, 0.2) is 11.6 Å². The van der Waals surface area contributed by atoms with Crippen molar-refractivity contribution in [3.8, 4) is 5.00 Å². The SMILES string of the molecule is Cc1nc(N=C2CCN(c3ccc(Cl)c(Cl)c3)N2)cc(C(=O)N2CCN(C(=O)CCCCCNC(=O)C[C@@H]3N=C(c4ccc(Cl)cc4)c4c(sc(C)c4C)-n4c(C)nnc43)CC2)n1. The van der Waals surface area contributed by atoms with Gasteiger partial charge in [-0.3, -0.25) is 34.4 Å². The monoisotopic (exact) mass is 928 g/mol. The number of carbonyl (C=O) groups excluding carboxylic acids is 3. The number of hydrazine groups is 1. The van der Waals surface area contributed by atoms with Gasteiger partial charge >= 0.3 is 0 Å². The van der Waals surface area contributed by atoms with Gasteiger partial charge in [-0.2, -0.15) is 0 Å². The number of nitrogens with zero attached hydrogens (tertiary/aromatic N) is 10. The molecule has 1 atom stereocenters. The van der Waals surface area contributed by atoms with Gasteiger partial charge in [-0.25, -0.2) is 15.0 Å². The number of piperazine rings is 1. The number of nitrogens with one attached hydrogen (secondary N) is 2. The number of unbranched alkanes of at least 4 members (excludes halogenated alkanes) is 2. The first-order valence-corrected chi connectivity index (χ1v) is 22.9. The van der Waals surface area contributed by atoms with Crippen LogP contribution in [0.25, 0.3) is 5.00 Å². The molecular weight excluding hydrogens is 883 g/mol. The van der Waals surface area contributed by atoms with Crippen molar-refractivity contribution in [2.24, 2.45) is 9.98 Å². The zero-order valence-corrected chi connectivity index (χ0v) is 38.5. The summed E-state index contributed by atoms with van der Waals surface area (Å²) in [6, 6.07) is 14.1. The van der Waals surface area contributed by atoms with E-state index in [1.807, 2.05) is 51.7 Å². The molecule has 0 spiro atoms. The number of carbonyl (C=O) groups is 3. The third-order valence-electron chi connectivity index (χ3n) is 11.4. The van der Waals surface area contributed by atoms with Crippen LogP contribution >= 0.6 is 46.1 Å². The molecule has 6 heterocycles. The quantitative estimate of drug-likeness (QED) is 0.119. The first-order chi connectivity index (χ1) is 30.3. The van der Waals surface area contributed by atoms with Crippen molar-refractivity contribution in [2.75, 3.05) is 44.3 Å². The molecule has 2 aromatic carbocycles. The van der Waals surface area contributed by atoms with E-state index in [2.05, 4.69) is 49.7 Å². The maximum atomic E-state index is 13.5. The molecule has 0 aliphatic carbocycles. The Morgan fingerprint density at radius 1 is 0.873 bits per heavy atom. The third-order valence-corrected chi connectivity index (χ3v) is 13.6. The van der Waals surface area contributed by atoms with Crippen LogP contribution in [0.4, 0.5) is 11.5 Å². The van der Waals surface area contributed by atoms with E-state index < -0.39 is 6.04 Å². The lowest BCUT2D eigenvalue weighted by Crippen LogP contribution is -2.50. The number of halogens is 3. The second-order valence-electron chi connectivity index (χ2n) is 15.8. The van der Waals surface area contributed by atoms with Gasteiger partial charge in [0.1, 0.15) is 34.2 Å². The normalized spacial score (nSPS) is 16.7. The van der Waals surface area contributed by atoms with Gasteiger partial charge in [0.25, 0.3) is 5.91 Å². The number of anilines is 1. The van der Waals surface area contributed by atoms with E-state index in [0.29, 0.717) is 96.9 Å². The molecule has 3 aliphatic heterocycles. The number of fused-ring (bicyclic) bond motifs is 3. The first-order valence-electron chi connectivity index (χ1n) is 21.0. The number of hydrogen-bond acceptors (Lipinski definition) is 11. The molecule has 0 unspecified atom stereocenters. The Labute approximate surface area is 384 Å². The Morgan fingerprint density at radius 3 is 2.40 bits per heavy atom. The number of benzene rings is 2. The summed E-state index contributed by atoms with van der Waals surface area (Å²) in [5.41, 5.74) is 8.26. The summed E-state index contributed by atoms with van der Waals surface area (Å²) in [4.78, 5) is 63.5. The molecule has 2 fully saturated rings. The van der Waals surface area contributed by atoms with Crippen molar-refractivity contribution in [3.63, 3.8) is 0 Å². The number of aryl methyl sites for hydroxylation is 3. The molecule has 5 aromatic rings. The summed E-state index contributed by atoms with van der Waals surface area (Å²) in [7, 11) is 0. The maximum Gasteiger partial charge on any atom is 0.272 e. The van der Waals surface area contributed by atoms with Crippen molar-refractivity contribution in [1.82, 2.24) is 45.3 Å². The number of aliphatic imine (C=N–C) groups is 2. The van der Waals surface area contributed by atoms with Gasteiger partial charge in [-0.05, 0) is 76.4 Å². The fraction of sp³-hybridized carbons (Fsp3) is 0.386. The average molecular weight is 930 g/mol. The lowest BCUT2D eigenvalue weighted by Gasteiger charge is -2.34. The average Bonchev–Trinajstić information content (AvgIpc) is 3.95. The summed E-state index contributed by atoms with van der Waals surface area (Å²) in [6.45, 7) is 10.7. The predicted octanol–water partition coefficient (Wildman–Crippen LogP) is 7.70. The molecule has 0 radical (unpaired) electrons. The van der Waals surface area contributed by atoms with Crippen molar-refractivity contribution < 1.29 is 14.4 Å². The number of rotatable bonds is 12. The number of amides is 3. The molecule has 2 N–H and O–H groups in total. The topological polar surface area (TPSA) is 166 Å². The molecule has 3 aliphatic rings. The van der Waals surface area contributed by atoms with Crippen LogP contribution < -0.4 is 15.8 Å². The van der Waals surface area contributed by atoms with Crippen LogP contribution in [-0.2, 0) is 9.59 Å². The standard InChI is InChI=1S/C44H47Cl3N12O3S/c1-25-26(2)63-44-40(25)41(29-9-11-30(45)12-10-29)51-34(42-54-53-28(4)59(42)44)24-38(60)48-16-7-5-6-8-39(61)56-18-20-57(21-19-56)43(62)35-23-37(50-27(3)49-35)52-36-15-17-58(55-36)31-13-14-32(46)33(47)22-31/h9-14,22-23,34H,5-8,15-21,24H2,1-4H3,(H,48,60)(H,49,50,52,55)/t34-/m0/s1. The van der Waals surface area contributed by atoms with Crippen molar-refractivity contribution in [1.29, 1.82) is 0 Å². The van der Waals surface area contributed by atoms with E-state index >= 15 is 0 Å². The number of aromatic nitrogens is 5. The van der Waals surface area contributed by atoms with Crippen molar-refractivity contribution in [3.05, 3.63) is 108 Å². The molecule has 2 saturated heterocycles. The largest absolute Gasteiger partial charge is 0.356 e. The molecule has 3 aromatic heterocycles. The van der Waals surface area contributed by atoms with Gasteiger partial charge in [-0.15, -0.1) is 21.5 Å². The highest BCUT2D eigenvalue weighted by Crippen LogP contribution is 2.39. The Kier molecular flexibility index (Phi) is 13.4. The summed E-state index contributed by atoms with van der Waals surface area (Å²) >= 11 is 20.2. The van der Waals surface area contributed by atoms with E-state index in [0.717, 1.165) is 51.8 Å². The van der Waals surface area contributed by atoms with Crippen LogP contribution in [0.15, 0.2) is 58.5 Å². The smallest absolute Gasteiger partial charge is 0.272 e.